The minimum Gasteiger partial charge on any atom is -0.350 e. The Bertz CT molecular complexity index is 420. The van der Waals surface area contributed by atoms with Gasteiger partial charge in [-0.3, -0.25) is 4.79 Å². The topological polar surface area (TPSA) is 32.9 Å². The fourth-order valence-corrected chi connectivity index (χ4v) is 1.02. The summed E-state index contributed by atoms with van der Waals surface area (Å²) in [5.41, 5.74) is -3.92. The van der Waals surface area contributed by atoms with Gasteiger partial charge in [-0.2, -0.15) is 13.2 Å². The average molecular weight is 227 g/mol. The molecule has 15 heavy (non-hydrogen) atoms. The van der Waals surface area contributed by atoms with Crippen molar-refractivity contribution in [2.45, 2.75) is 19.5 Å². The predicted molar refractivity (Wildman–Crippen MR) is 41.8 cm³/mol. The molecule has 0 saturated carbocycles. The SMILES string of the molecule is Cc1c(C(F)F)[nH]c(C(F)(F)F)cc1=O. The van der Waals surface area contributed by atoms with E-state index in [1.54, 1.807) is 0 Å². The predicted octanol–water partition coefficient (Wildman–Crippen LogP) is 2.64. The first-order valence-electron chi connectivity index (χ1n) is 3.82. The first-order valence-corrected chi connectivity index (χ1v) is 3.82. The summed E-state index contributed by atoms with van der Waals surface area (Å²) in [5.74, 6) is 0. The van der Waals surface area contributed by atoms with E-state index in [0.29, 0.717) is 0 Å². The van der Waals surface area contributed by atoms with E-state index >= 15 is 0 Å². The van der Waals surface area contributed by atoms with Crippen molar-refractivity contribution in [3.63, 3.8) is 0 Å². The van der Waals surface area contributed by atoms with Crippen LogP contribution in [0.25, 0.3) is 0 Å². The van der Waals surface area contributed by atoms with Crippen molar-refractivity contribution in [3.05, 3.63) is 33.2 Å². The molecule has 2 nitrogen and oxygen atoms in total. The normalized spacial score (nSPS) is 12.2. The van der Waals surface area contributed by atoms with Gasteiger partial charge in [-0.05, 0) is 6.92 Å². The van der Waals surface area contributed by atoms with Gasteiger partial charge in [0.2, 0.25) is 0 Å². The second-order valence-corrected chi connectivity index (χ2v) is 2.88. The second kappa shape index (κ2) is 3.63. The van der Waals surface area contributed by atoms with Crippen LogP contribution in [0.5, 0.6) is 0 Å². The van der Waals surface area contributed by atoms with Crippen LogP contribution in [-0.4, -0.2) is 4.98 Å². The summed E-state index contributed by atoms with van der Waals surface area (Å²) in [7, 11) is 0. The molecule has 0 radical (unpaired) electrons. The van der Waals surface area contributed by atoms with Gasteiger partial charge >= 0.3 is 6.18 Å². The lowest BCUT2D eigenvalue weighted by atomic mass is 10.2. The summed E-state index contributed by atoms with van der Waals surface area (Å²) < 4.78 is 60.9. The van der Waals surface area contributed by atoms with Crippen LogP contribution in [0.4, 0.5) is 22.0 Å². The van der Waals surface area contributed by atoms with Crippen LogP contribution in [0.15, 0.2) is 10.9 Å². The Morgan fingerprint density at radius 2 is 1.87 bits per heavy atom. The zero-order chi connectivity index (χ0) is 11.8. The third-order valence-electron chi connectivity index (χ3n) is 1.84. The van der Waals surface area contributed by atoms with Crippen molar-refractivity contribution in [1.82, 2.24) is 4.98 Å². The fourth-order valence-electron chi connectivity index (χ4n) is 1.02. The Kier molecular flexibility index (Phi) is 2.83. The van der Waals surface area contributed by atoms with Gasteiger partial charge in [0, 0.05) is 11.6 Å². The molecule has 0 aromatic carbocycles. The highest BCUT2D eigenvalue weighted by Crippen LogP contribution is 2.28. The zero-order valence-corrected chi connectivity index (χ0v) is 7.45. The van der Waals surface area contributed by atoms with Gasteiger partial charge in [0.25, 0.3) is 6.43 Å². The molecule has 0 aliphatic rings. The molecule has 7 heteroatoms. The minimum absolute atomic E-state index is 0.265. The van der Waals surface area contributed by atoms with Gasteiger partial charge in [0.1, 0.15) is 5.69 Å². The summed E-state index contributed by atoms with van der Waals surface area (Å²) >= 11 is 0. The molecule has 0 aliphatic heterocycles. The Hall–Kier alpha value is -1.40. The molecule has 1 N–H and O–H groups in total. The molecule has 0 atom stereocenters. The molecular weight excluding hydrogens is 221 g/mol. The molecule has 1 aromatic rings. The molecule has 84 valence electrons. The number of rotatable bonds is 1. The number of nitrogens with one attached hydrogen (secondary N) is 1. The van der Waals surface area contributed by atoms with Crippen LogP contribution in [-0.2, 0) is 6.18 Å². The highest BCUT2D eigenvalue weighted by molar-refractivity contribution is 5.24. The maximum atomic E-state index is 12.2. The molecule has 1 aromatic heterocycles. The van der Waals surface area contributed by atoms with E-state index in [1.165, 1.54) is 4.98 Å². The molecule has 0 amide bonds. The van der Waals surface area contributed by atoms with E-state index in [4.69, 9.17) is 0 Å². The van der Waals surface area contributed by atoms with Crippen molar-refractivity contribution >= 4 is 0 Å². The van der Waals surface area contributed by atoms with Gasteiger partial charge in [0.05, 0.1) is 5.69 Å². The smallest absolute Gasteiger partial charge is 0.350 e. The first kappa shape index (κ1) is 11.7. The van der Waals surface area contributed by atoms with Crippen molar-refractivity contribution in [1.29, 1.82) is 0 Å². The molecule has 0 saturated heterocycles. The average Bonchev–Trinajstić information content (AvgIpc) is 2.06. The third kappa shape index (κ3) is 2.34. The summed E-state index contributed by atoms with van der Waals surface area (Å²) in [6.45, 7) is 1.04. The van der Waals surface area contributed by atoms with E-state index < -0.39 is 35.0 Å². The summed E-state index contributed by atoms with van der Waals surface area (Å²) in [6, 6.07) is 0.265. The van der Waals surface area contributed by atoms with E-state index in [9.17, 15) is 26.7 Å². The summed E-state index contributed by atoms with van der Waals surface area (Å²) in [4.78, 5) is 12.5. The van der Waals surface area contributed by atoms with Crippen molar-refractivity contribution in [2.75, 3.05) is 0 Å². The molecule has 0 spiro atoms. The molecular formula is C8H6F5NO. The highest BCUT2D eigenvalue weighted by Gasteiger charge is 2.33. The molecule has 0 bridgehead atoms. The van der Waals surface area contributed by atoms with Crippen LogP contribution in [0.2, 0.25) is 0 Å². The van der Waals surface area contributed by atoms with Crippen LogP contribution in [0.1, 0.15) is 23.4 Å². The van der Waals surface area contributed by atoms with Gasteiger partial charge in [-0.25, -0.2) is 8.78 Å². The number of H-pyrrole nitrogens is 1. The largest absolute Gasteiger partial charge is 0.431 e. The number of alkyl halides is 5. The maximum Gasteiger partial charge on any atom is 0.431 e. The lowest BCUT2D eigenvalue weighted by Gasteiger charge is -2.10. The number of pyridine rings is 1. The van der Waals surface area contributed by atoms with E-state index in [-0.39, 0.29) is 6.07 Å². The summed E-state index contributed by atoms with van der Waals surface area (Å²) in [6.07, 6.45) is -7.98. The van der Waals surface area contributed by atoms with Gasteiger partial charge in [-0.1, -0.05) is 0 Å². The first-order chi connectivity index (χ1) is 6.73. The molecule has 0 unspecified atom stereocenters. The third-order valence-corrected chi connectivity index (χ3v) is 1.84. The van der Waals surface area contributed by atoms with Crippen molar-refractivity contribution in [3.8, 4) is 0 Å². The lowest BCUT2D eigenvalue weighted by molar-refractivity contribution is -0.141. The number of hydrogen-bond donors (Lipinski definition) is 1. The molecule has 1 rings (SSSR count). The number of halogens is 5. The standard InChI is InChI=1S/C8H6F5NO/c1-3-4(15)2-5(8(11,12)13)14-6(3)7(9)10/h2,7H,1H3,(H,14,15). The van der Waals surface area contributed by atoms with Crippen LogP contribution >= 0.6 is 0 Å². The van der Waals surface area contributed by atoms with E-state index in [0.717, 1.165) is 6.92 Å². The highest BCUT2D eigenvalue weighted by atomic mass is 19.4. The van der Waals surface area contributed by atoms with Crippen LogP contribution < -0.4 is 5.43 Å². The quantitative estimate of drug-likeness (QED) is 0.735. The minimum atomic E-state index is -4.84. The Morgan fingerprint density at radius 3 is 2.27 bits per heavy atom. The molecule has 0 aliphatic carbocycles. The summed E-state index contributed by atoms with van der Waals surface area (Å²) in [5, 5.41) is 0. The zero-order valence-electron chi connectivity index (χ0n) is 7.45. The van der Waals surface area contributed by atoms with Gasteiger partial charge in [-0.15, -0.1) is 0 Å². The van der Waals surface area contributed by atoms with E-state index in [1.807, 2.05) is 0 Å². The van der Waals surface area contributed by atoms with Crippen LogP contribution in [0.3, 0.4) is 0 Å². The Labute approximate surface area is 80.7 Å². The molecule has 1 heterocycles. The fraction of sp³-hybridized carbons (Fsp3) is 0.375. The van der Waals surface area contributed by atoms with Crippen molar-refractivity contribution in [2.24, 2.45) is 0 Å². The van der Waals surface area contributed by atoms with E-state index in [2.05, 4.69) is 0 Å². The van der Waals surface area contributed by atoms with Gasteiger partial charge < -0.3 is 4.98 Å². The second-order valence-electron chi connectivity index (χ2n) is 2.88. The maximum absolute atomic E-state index is 12.2. The number of aromatic nitrogens is 1. The Balaban J connectivity index is 3.43. The van der Waals surface area contributed by atoms with Crippen molar-refractivity contribution < 1.29 is 22.0 Å². The monoisotopic (exact) mass is 227 g/mol. The van der Waals surface area contributed by atoms with Crippen LogP contribution in [0, 0.1) is 6.92 Å². The lowest BCUT2D eigenvalue weighted by Crippen LogP contribution is -2.18. The Morgan fingerprint density at radius 1 is 1.33 bits per heavy atom. The number of aromatic amines is 1. The van der Waals surface area contributed by atoms with Gasteiger partial charge in [0.15, 0.2) is 5.43 Å². The number of hydrogen-bond acceptors (Lipinski definition) is 1. The molecule has 0 fully saturated rings.